The Balaban J connectivity index is 2.43. The molecule has 0 radical (unpaired) electrons. The lowest BCUT2D eigenvalue weighted by atomic mass is 10.1. The molecule has 0 aliphatic heterocycles. The monoisotopic (exact) mass is 281 g/mol. The zero-order valence-electron chi connectivity index (χ0n) is 10.6. The Labute approximate surface area is 113 Å². The van der Waals surface area contributed by atoms with E-state index in [0.717, 1.165) is 6.07 Å². The normalized spacial score (nSPS) is 12.6. The summed E-state index contributed by atoms with van der Waals surface area (Å²) < 4.78 is 51.3. The molecule has 2 aromatic rings. The van der Waals surface area contributed by atoms with Gasteiger partial charge in [-0.3, -0.25) is 4.99 Å². The largest absolute Gasteiger partial charge is 0.418 e. The molecule has 0 unspecified atom stereocenters. The topological polar surface area (TPSA) is 12.4 Å². The van der Waals surface area contributed by atoms with Crippen LogP contribution in [0.2, 0.25) is 0 Å². The predicted octanol–water partition coefficient (Wildman–Crippen LogP) is 4.99. The molecule has 0 bridgehead atoms. The fourth-order valence-electron chi connectivity index (χ4n) is 1.75. The van der Waals surface area contributed by atoms with Crippen molar-refractivity contribution in [1.29, 1.82) is 0 Å². The first-order valence-corrected chi connectivity index (χ1v) is 5.85. The van der Waals surface area contributed by atoms with Gasteiger partial charge >= 0.3 is 6.18 Å². The summed E-state index contributed by atoms with van der Waals surface area (Å²) in [5, 5.41) is 0. The van der Waals surface area contributed by atoms with Gasteiger partial charge in [-0.1, -0.05) is 24.3 Å². The summed E-state index contributed by atoms with van der Waals surface area (Å²) in [6.07, 6.45) is -4.46. The molecule has 0 atom stereocenters. The number of para-hydroxylation sites is 1. The van der Waals surface area contributed by atoms with Gasteiger partial charge < -0.3 is 0 Å². The van der Waals surface area contributed by atoms with Gasteiger partial charge in [0.2, 0.25) is 0 Å². The van der Waals surface area contributed by atoms with Crippen molar-refractivity contribution < 1.29 is 17.6 Å². The minimum atomic E-state index is -4.46. The molecule has 2 aromatic carbocycles. The maximum absolute atomic E-state index is 12.8. The summed E-state index contributed by atoms with van der Waals surface area (Å²) >= 11 is 0. The number of alkyl halides is 3. The molecule has 0 aliphatic carbocycles. The number of halogens is 4. The first-order valence-electron chi connectivity index (χ1n) is 5.85. The quantitative estimate of drug-likeness (QED) is 0.543. The molecule has 0 N–H and O–H groups in total. The van der Waals surface area contributed by atoms with Crippen molar-refractivity contribution in [1.82, 2.24) is 0 Å². The molecule has 0 amide bonds. The Morgan fingerprint density at radius 2 is 1.55 bits per heavy atom. The van der Waals surface area contributed by atoms with Gasteiger partial charge in [0.15, 0.2) is 0 Å². The highest BCUT2D eigenvalue weighted by Crippen LogP contribution is 2.36. The van der Waals surface area contributed by atoms with Crippen molar-refractivity contribution >= 4 is 11.4 Å². The van der Waals surface area contributed by atoms with Crippen LogP contribution < -0.4 is 0 Å². The highest BCUT2D eigenvalue weighted by molar-refractivity contribution is 6.00. The molecule has 0 saturated carbocycles. The van der Waals surface area contributed by atoms with Crippen LogP contribution in [0.5, 0.6) is 0 Å². The lowest BCUT2D eigenvalue weighted by molar-refractivity contribution is -0.137. The SMILES string of the molecule is CC(=Nc1ccccc1C(F)(F)F)c1ccc(F)cc1. The van der Waals surface area contributed by atoms with E-state index in [2.05, 4.69) is 4.99 Å². The number of benzene rings is 2. The Bertz CT molecular complexity index is 627. The van der Waals surface area contributed by atoms with Gasteiger partial charge in [0, 0.05) is 5.71 Å². The van der Waals surface area contributed by atoms with Crippen LogP contribution >= 0.6 is 0 Å². The number of rotatable bonds is 2. The van der Waals surface area contributed by atoms with Gasteiger partial charge in [-0.25, -0.2) is 4.39 Å². The van der Waals surface area contributed by atoms with Crippen LogP contribution in [0.4, 0.5) is 23.2 Å². The van der Waals surface area contributed by atoms with Gasteiger partial charge in [0.25, 0.3) is 0 Å². The second-order valence-electron chi connectivity index (χ2n) is 4.22. The van der Waals surface area contributed by atoms with Gasteiger partial charge in [-0.05, 0) is 36.8 Å². The zero-order chi connectivity index (χ0) is 14.8. The van der Waals surface area contributed by atoms with E-state index in [1.54, 1.807) is 6.92 Å². The van der Waals surface area contributed by atoms with Crippen molar-refractivity contribution in [3.63, 3.8) is 0 Å². The Kier molecular flexibility index (Phi) is 3.88. The van der Waals surface area contributed by atoms with Gasteiger partial charge in [-0.15, -0.1) is 0 Å². The molecule has 5 heteroatoms. The summed E-state index contributed by atoms with van der Waals surface area (Å²) in [6, 6.07) is 10.5. The zero-order valence-corrected chi connectivity index (χ0v) is 10.6. The van der Waals surface area contributed by atoms with Crippen molar-refractivity contribution in [2.45, 2.75) is 13.1 Å². The molecule has 0 spiro atoms. The lowest BCUT2D eigenvalue weighted by Gasteiger charge is -2.10. The second kappa shape index (κ2) is 5.45. The first kappa shape index (κ1) is 14.2. The third-order valence-corrected chi connectivity index (χ3v) is 2.76. The molecule has 2 rings (SSSR count). The maximum Gasteiger partial charge on any atom is 0.418 e. The predicted molar refractivity (Wildman–Crippen MR) is 69.7 cm³/mol. The van der Waals surface area contributed by atoms with Crippen LogP contribution in [0.1, 0.15) is 18.1 Å². The molecular formula is C15H11F4N. The minimum absolute atomic E-state index is 0.151. The average molecular weight is 281 g/mol. The van der Waals surface area contributed by atoms with E-state index >= 15 is 0 Å². The summed E-state index contributed by atoms with van der Waals surface area (Å²) in [5.41, 5.74) is 0.0216. The molecule has 0 saturated heterocycles. The van der Waals surface area contributed by atoms with Crippen LogP contribution in [0, 0.1) is 5.82 Å². The highest BCUT2D eigenvalue weighted by atomic mass is 19.4. The summed E-state index contributed by atoms with van der Waals surface area (Å²) in [5.74, 6) is -0.405. The molecule has 0 heterocycles. The second-order valence-corrected chi connectivity index (χ2v) is 4.22. The van der Waals surface area contributed by atoms with E-state index in [0.29, 0.717) is 11.3 Å². The van der Waals surface area contributed by atoms with Crippen molar-refractivity contribution in [2.24, 2.45) is 4.99 Å². The molecule has 0 aliphatic rings. The van der Waals surface area contributed by atoms with Crippen LogP contribution in [-0.2, 0) is 6.18 Å². The lowest BCUT2D eigenvalue weighted by Crippen LogP contribution is -2.05. The molecule has 0 fully saturated rings. The minimum Gasteiger partial charge on any atom is -0.253 e. The average Bonchev–Trinajstić information content (AvgIpc) is 2.38. The fourth-order valence-corrected chi connectivity index (χ4v) is 1.75. The number of aliphatic imine (C=N–C) groups is 1. The summed E-state index contributed by atoms with van der Waals surface area (Å²) in [7, 11) is 0. The van der Waals surface area contributed by atoms with Crippen molar-refractivity contribution in [3.8, 4) is 0 Å². The smallest absolute Gasteiger partial charge is 0.253 e. The fraction of sp³-hybridized carbons (Fsp3) is 0.133. The standard InChI is InChI=1S/C15H11F4N/c1-10(11-6-8-12(16)9-7-11)20-14-5-3-2-4-13(14)15(17,18)19/h2-9H,1H3. The van der Waals surface area contributed by atoms with Crippen LogP contribution in [0.3, 0.4) is 0 Å². The maximum atomic E-state index is 12.8. The van der Waals surface area contributed by atoms with Gasteiger partial charge in [0.05, 0.1) is 11.3 Å². The number of nitrogens with zero attached hydrogens (tertiary/aromatic N) is 1. The number of hydrogen-bond donors (Lipinski definition) is 0. The third kappa shape index (κ3) is 3.23. The van der Waals surface area contributed by atoms with E-state index in [1.165, 1.54) is 42.5 Å². The molecule has 1 nitrogen and oxygen atoms in total. The Morgan fingerprint density at radius 1 is 0.950 bits per heavy atom. The Hall–Kier alpha value is -2.17. The summed E-state index contributed by atoms with van der Waals surface area (Å²) in [6.45, 7) is 1.58. The van der Waals surface area contributed by atoms with Crippen LogP contribution in [0.25, 0.3) is 0 Å². The van der Waals surface area contributed by atoms with E-state index in [-0.39, 0.29) is 5.69 Å². The molecule has 104 valence electrons. The molecule has 20 heavy (non-hydrogen) atoms. The Morgan fingerprint density at radius 3 is 2.15 bits per heavy atom. The highest BCUT2D eigenvalue weighted by Gasteiger charge is 2.33. The first-order chi connectivity index (χ1) is 9.38. The van der Waals surface area contributed by atoms with Gasteiger partial charge in [0.1, 0.15) is 5.82 Å². The van der Waals surface area contributed by atoms with Crippen molar-refractivity contribution in [3.05, 3.63) is 65.5 Å². The van der Waals surface area contributed by atoms with E-state index in [4.69, 9.17) is 0 Å². The van der Waals surface area contributed by atoms with E-state index in [1.807, 2.05) is 0 Å². The van der Waals surface area contributed by atoms with E-state index < -0.39 is 17.6 Å². The molecular weight excluding hydrogens is 270 g/mol. The van der Waals surface area contributed by atoms with Crippen molar-refractivity contribution in [2.75, 3.05) is 0 Å². The van der Waals surface area contributed by atoms with Crippen LogP contribution in [-0.4, -0.2) is 5.71 Å². The summed E-state index contributed by atoms with van der Waals surface area (Å²) in [4.78, 5) is 4.00. The number of hydrogen-bond acceptors (Lipinski definition) is 1. The molecule has 0 aromatic heterocycles. The third-order valence-electron chi connectivity index (χ3n) is 2.76. The van der Waals surface area contributed by atoms with Gasteiger partial charge in [-0.2, -0.15) is 13.2 Å². The van der Waals surface area contributed by atoms with E-state index in [9.17, 15) is 17.6 Å². The van der Waals surface area contributed by atoms with Crippen LogP contribution in [0.15, 0.2) is 53.5 Å².